The normalized spacial score (nSPS) is 14.6. The Morgan fingerprint density at radius 3 is 2.60 bits per heavy atom. The lowest BCUT2D eigenvalue weighted by molar-refractivity contribution is -0.384. The van der Waals surface area contributed by atoms with Gasteiger partial charge in [-0.1, -0.05) is 37.3 Å². The summed E-state index contributed by atoms with van der Waals surface area (Å²) in [6, 6.07) is 14.8. The quantitative estimate of drug-likeness (QED) is 0.595. The summed E-state index contributed by atoms with van der Waals surface area (Å²) in [6.45, 7) is 2.50. The molecule has 0 radical (unpaired) electrons. The molecular weight excluding hydrogens is 318 g/mol. The third-order valence-corrected chi connectivity index (χ3v) is 4.33. The highest BCUT2D eigenvalue weighted by atomic mass is 16.6. The van der Waals surface area contributed by atoms with Crippen LogP contribution in [0, 0.1) is 10.1 Å². The molecule has 6 nitrogen and oxygen atoms in total. The SMILES string of the molecule is CC(CNC(=O)c1ccc(NC2CC2)c([N+](=O)[O-])c1)c1ccccc1. The molecule has 2 aromatic carbocycles. The van der Waals surface area contributed by atoms with E-state index < -0.39 is 4.92 Å². The van der Waals surface area contributed by atoms with E-state index in [-0.39, 0.29) is 17.5 Å². The Bertz CT molecular complexity index is 773. The minimum Gasteiger partial charge on any atom is -0.377 e. The number of anilines is 1. The van der Waals surface area contributed by atoms with Crippen LogP contribution in [0.15, 0.2) is 48.5 Å². The first-order chi connectivity index (χ1) is 12.0. The van der Waals surface area contributed by atoms with Gasteiger partial charge in [0, 0.05) is 24.2 Å². The predicted molar refractivity (Wildman–Crippen MR) is 96.9 cm³/mol. The van der Waals surface area contributed by atoms with Crippen LogP contribution in [0.4, 0.5) is 11.4 Å². The smallest absolute Gasteiger partial charge is 0.293 e. The molecule has 130 valence electrons. The fourth-order valence-electron chi connectivity index (χ4n) is 2.64. The summed E-state index contributed by atoms with van der Waals surface area (Å²) >= 11 is 0. The predicted octanol–water partition coefficient (Wildman–Crippen LogP) is 3.70. The van der Waals surface area contributed by atoms with E-state index in [0.29, 0.717) is 23.8 Å². The summed E-state index contributed by atoms with van der Waals surface area (Å²) in [4.78, 5) is 23.2. The summed E-state index contributed by atoms with van der Waals surface area (Å²) in [5.74, 6) is -0.139. The number of rotatable bonds is 7. The summed E-state index contributed by atoms with van der Waals surface area (Å²) in [5.41, 5.74) is 1.85. The maximum absolute atomic E-state index is 12.3. The summed E-state index contributed by atoms with van der Waals surface area (Å²) in [7, 11) is 0. The highest BCUT2D eigenvalue weighted by Gasteiger charge is 2.25. The third kappa shape index (κ3) is 4.35. The number of amides is 1. The second-order valence-corrected chi connectivity index (χ2v) is 6.43. The van der Waals surface area contributed by atoms with Crippen molar-refractivity contribution in [3.05, 3.63) is 69.8 Å². The number of nitrogens with zero attached hydrogens (tertiary/aromatic N) is 1. The van der Waals surface area contributed by atoms with Gasteiger partial charge in [-0.05, 0) is 36.5 Å². The molecule has 2 aromatic rings. The number of carbonyl (C=O) groups is 1. The maximum atomic E-state index is 12.3. The van der Waals surface area contributed by atoms with Gasteiger partial charge in [0.15, 0.2) is 0 Å². The molecule has 25 heavy (non-hydrogen) atoms. The van der Waals surface area contributed by atoms with Gasteiger partial charge in [-0.25, -0.2) is 0 Å². The van der Waals surface area contributed by atoms with E-state index in [1.54, 1.807) is 12.1 Å². The topological polar surface area (TPSA) is 84.3 Å². The van der Waals surface area contributed by atoms with Crippen LogP contribution >= 0.6 is 0 Å². The fourth-order valence-corrected chi connectivity index (χ4v) is 2.64. The number of hydrogen-bond donors (Lipinski definition) is 2. The molecule has 1 aliphatic carbocycles. The van der Waals surface area contributed by atoms with Crippen molar-refractivity contribution in [1.82, 2.24) is 5.32 Å². The summed E-state index contributed by atoms with van der Waals surface area (Å²) < 4.78 is 0. The van der Waals surface area contributed by atoms with Crippen LogP contribution in [-0.4, -0.2) is 23.4 Å². The molecule has 1 saturated carbocycles. The Hall–Kier alpha value is -2.89. The van der Waals surface area contributed by atoms with Gasteiger partial charge in [-0.2, -0.15) is 0 Å². The third-order valence-electron chi connectivity index (χ3n) is 4.33. The Morgan fingerprint density at radius 1 is 1.24 bits per heavy atom. The highest BCUT2D eigenvalue weighted by molar-refractivity contribution is 5.95. The van der Waals surface area contributed by atoms with Crippen molar-refractivity contribution in [1.29, 1.82) is 0 Å². The van der Waals surface area contributed by atoms with Gasteiger partial charge >= 0.3 is 0 Å². The van der Waals surface area contributed by atoms with E-state index in [1.165, 1.54) is 6.07 Å². The second-order valence-electron chi connectivity index (χ2n) is 6.43. The van der Waals surface area contributed by atoms with Crippen LogP contribution < -0.4 is 10.6 Å². The van der Waals surface area contributed by atoms with Gasteiger partial charge in [0.2, 0.25) is 0 Å². The summed E-state index contributed by atoms with van der Waals surface area (Å²) in [6.07, 6.45) is 2.05. The molecule has 0 heterocycles. The largest absolute Gasteiger partial charge is 0.377 e. The van der Waals surface area contributed by atoms with Crippen LogP contribution in [0.5, 0.6) is 0 Å². The lowest BCUT2D eigenvalue weighted by atomic mass is 10.0. The maximum Gasteiger partial charge on any atom is 0.293 e. The average molecular weight is 339 g/mol. The molecule has 6 heteroatoms. The first-order valence-electron chi connectivity index (χ1n) is 8.42. The number of hydrogen-bond acceptors (Lipinski definition) is 4. The Kier molecular flexibility index (Phi) is 4.97. The van der Waals surface area contributed by atoms with Crippen molar-refractivity contribution in [3.63, 3.8) is 0 Å². The Morgan fingerprint density at radius 2 is 1.96 bits per heavy atom. The van der Waals surface area contributed by atoms with Crippen molar-refractivity contribution in [2.24, 2.45) is 0 Å². The lowest BCUT2D eigenvalue weighted by Gasteiger charge is -2.13. The minimum absolute atomic E-state index is 0.0596. The lowest BCUT2D eigenvalue weighted by Crippen LogP contribution is -2.27. The molecule has 0 aliphatic heterocycles. The number of carbonyl (C=O) groups excluding carboxylic acids is 1. The Balaban J connectivity index is 1.67. The van der Waals surface area contributed by atoms with Crippen LogP contribution in [0.3, 0.4) is 0 Å². The van der Waals surface area contributed by atoms with Crippen LogP contribution in [0.2, 0.25) is 0 Å². The van der Waals surface area contributed by atoms with E-state index in [2.05, 4.69) is 10.6 Å². The second kappa shape index (κ2) is 7.34. The molecule has 2 N–H and O–H groups in total. The zero-order chi connectivity index (χ0) is 17.8. The molecule has 1 unspecified atom stereocenters. The first-order valence-corrected chi connectivity index (χ1v) is 8.42. The van der Waals surface area contributed by atoms with E-state index in [9.17, 15) is 14.9 Å². The van der Waals surface area contributed by atoms with Crippen LogP contribution in [0.25, 0.3) is 0 Å². The number of nitro benzene ring substituents is 1. The van der Waals surface area contributed by atoms with Gasteiger partial charge in [0.1, 0.15) is 5.69 Å². The highest BCUT2D eigenvalue weighted by Crippen LogP contribution is 2.31. The minimum atomic E-state index is -0.450. The van der Waals surface area contributed by atoms with E-state index in [1.807, 2.05) is 37.3 Å². The van der Waals surface area contributed by atoms with Crippen molar-refractivity contribution in [2.45, 2.75) is 31.7 Å². The number of nitro groups is 1. The van der Waals surface area contributed by atoms with Crippen molar-refractivity contribution in [3.8, 4) is 0 Å². The van der Waals surface area contributed by atoms with Crippen LogP contribution in [0.1, 0.15) is 41.6 Å². The van der Waals surface area contributed by atoms with Gasteiger partial charge < -0.3 is 10.6 Å². The average Bonchev–Trinajstić information content (AvgIpc) is 3.44. The zero-order valence-corrected chi connectivity index (χ0v) is 14.1. The first kappa shape index (κ1) is 17.0. The fraction of sp³-hybridized carbons (Fsp3) is 0.316. The molecule has 0 saturated heterocycles. The molecular formula is C19H21N3O3. The molecule has 0 aromatic heterocycles. The molecule has 3 rings (SSSR count). The van der Waals surface area contributed by atoms with Gasteiger partial charge in [-0.15, -0.1) is 0 Å². The molecule has 1 fully saturated rings. The summed E-state index contributed by atoms with van der Waals surface area (Å²) in [5, 5.41) is 17.3. The standard InChI is InChI=1S/C19H21N3O3/c1-13(14-5-3-2-4-6-14)12-20-19(23)15-7-10-17(21-16-8-9-16)18(11-15)22(24)25/h2-7,10-11,13,16,21H,8-9,12H2,1H3,(H,20,23). The molecule has 0 bridgehead atoms. The molecule has 0 spiro atoms. The number of benzene rings is 2. The van der Waals surface area contributed by atoms with E-state index in [0.717, 1.165) is 18.4 Å². The molecule has 1 aliphatic rings. The monoisotopic (exact) mass is 339 g/mol. The van der Waals surface area contributed by atoms with Gasteiger partial charge in [-0.3, -0.25) is 14.9 Å². The van der Waals surface area contributed by atoms with Crippen LogP contribution in [-0.2, 0) is 0 Å². The Labute approximate surface area is 146 Å². The molecule has 1 atom stereocenters. The van der Waals surface area contributed by atoms with E-state index >= 15 is 0 Å². The van der Waals surface area contributed by atoms with Crippen molar-refractivity contribution in [2.75, 3.05) is 11.9 Å². The van der Waals surface area contributed by atoms with Crippen molar-refractivity contribution >= 4 is 17.3 Å². The zero-order valence-electron chi connectivity index (χ0n) is 14.1. The van der Waals surface area contributed by atoms with Crippen molar-refractivity contribution < 1.29 is 9.72 Å². The van der Waals surface area contributed by atoms with Gasteiger partial charge in [0.05, 0.1) is 4.92 Å². The van der Waals surface area contributed by atoms with Gasteiger partial charge in [0.25, 0.3) is 11.6 Å². The van der Waals surface area contributed by atoms with E-state index in [4.69, 9.17) is 0 Å². The number of nitrogens with one attached hydrogen (secondary N) is 2. The molecule has 1 amide bonds.